The van der Waals surface area contributed by atoms with E-state index in [9.17, 15) is 0 Å². The maximum Gasteiger partial charge on any atom is 0.0525 e. The van der Waals surface area contributed by atoms with Crippen molar-refractivity contribution in [1.82, 2.24) is 9.88 Å². The summed E-state index contributed by atoms with van der Waals surface area (Å²) in [6.45, 7) is 8.52. The molecule has 1 N–H and O–H groups in total. The maximum atomic E-state index is 3.48. The van der Waals surface area contributed by atoms with Gasteiger partial charge in [-0.3, -0.25) is 0 Å². The Morgan fingerprint density at radius 2 is 2.06 bits per heavy atom. The number of para-hydroxylation sites is 1. The van der Waals surface area contributed by atoms with Crippen LogP contribution in [0.4, 0.5) is 0 Å². The van der Waals surface area contributed by atoms with Crippen molar-refractivity contribution in [2.24, 2.45) is 0 Å². The molecule has 0 spiro atoms. The fourth-order valence-electron chi connectivity index (χ4n) is 2.06. The number of nitrogens with one attached hydrogen (secondary N) is 1. The molecule has 0 atom stereocenters. The molecule has 0 fully saturated rings. The number of benzene rings is 1. The lowest BCUT2D eigenvalue weighted by Crippen LogP contribution is -2.22. The SMILES string of the molecule is CCn1ccc2cccc(CNC(C)C)c21. The fraction of sp³-hybridized carbons (Fsp3) is 0.429. The van der Waals surface area contributed by atoms with Crippen LogP contribution in [0.1, 0.15) is 26.3 Å². The van der Waals surface area contributed by atoms with Crippen LogP contribution < -0.4 is 5.32 Å². The summed E-state index contributed by atoms with van der Waals surface area (Å²) < 4.78 is 2.31. The summed E-state index contributed by atoms with van der Waals surface area (Å²) >= 11 is 0. The van der Waals surface area contributed by atoms with Gasteiger partial charge >= 0.3 is 0 Å². The zero-order chi connectivity index (χ0) is 11.5. The van der Waals surface area contributed by atoms with Crippen LogP contribution >= 0.6 is 0 Å². The summed E-state index contributed by atoms with van der Waals surface area (Å²) in [6, 6.07) is 9.25. The van der Waals surface area contributed by atoms with Crippen LogP contribution in [0, 0.1) is 0 Å². The summed E-state index contributed by atoms with van der Waals surface area (Å²) in [5.41, 5.74) is 2.76. The Hall–Kier alpha value is -1.28. The largest absolute Gasteiger partial charge is 0.347 e. The van der Waals surface area contributed by atoms with E-state index in [4.69, 9.17) is 0 Å². The lowest BCUT2D eigenvalue weighted by molar-refractivity contribution is 0.589. The van der Waals surface area contributed by atoms with Crippen LogP contribution in [0.5, 0.6) is 0 Å². The highest BCUT2D eigenvalue weighted by atomic mass is 15.0. The molecule has 0 aliphatic carbocycles. The third kappa shape index (κ3) is 2.12. The van der Waals surface area contributed by atoms with Crippen molar-refractivity contribution < 1.29 is 0 Å². The molecular formula is C14H20N2. The van der Waals surface area contributed by atoms with Gasteiger partial charge in [-0.15, -0.1) is 0 Å². The lowest BCUT2D eigenvalue weighted by Gasteiger charge is -2.11. The normalized spacial score (nSPS) is 11.5. The maximum absolute atomic E-state index is 3.48. The number of aromatic nitrogens is 1. The van der Waals surface area contributed by atoms with Crippen molar-refractivity contribution in [2.45, 2.75) is 39.9 Å². The number of nitrogens with zero attached hydrogens (tertiary/aromatic N) is 1. The van der Waals surface area contributed by atoms with E-state index in [0.29, 0.717) is 6.04 Å². The van der Waals surface area contributed by atoms with Gasteiger partial charge in [0.2, 0.25) is 0 Å². The van der Waals surface area contributed by atoms with Crippen molar-refractivity contribution >= 4 is 10.9 Å². The summed E-state index contributed by atoms with van der Waals surface area (Å²) in [4.78, 5) is 0. The summed E-state index contributed by atoms with van der Waals surface area (Å²) in [6.07, 6.45) is 2.17. The van der Waals surface area contributed by atoms with E-state index in [-0.39, 0.29) is 0 Å². The molecule has 1 heterocycles. The molecular weight excluding hydrogens is 196 g/mol. The molecule has 2 nitrogen and oxygen atoms in total. The second-order valence-corrected chi connectivity index (χ2v) is 4.49. The second kappa shape index (κ2) is 4.71. The molecule has 2 heteroatoms. The molecule has 0 unspecified atom stereocenters. The first-order chi connectivity index (χ1) is 7.72. The molecule has 0 saturated heterocycles. The molecule has 0 bridgehead atoms. The summed E-state index contributed by atoms with van der Waals surface area (Å²) in [5, 5.41) is 4.82. The number of rotatable bonds is 4. The Kier molecular flexibility index (Phi) is 3.30. The molecule has 0 radical (unpaired) electrons. The lowest BCUT2D eigenvalue weighted by atomic mass is 10.1. The van der Waals surface area contributed by atoms with Crippen LogP contribution in [0.15, 0.2) is 30.5 Å². The predicted octanol–water partition coefficient (Wildman–Crippen LogP) is 3.16. The Balaban J connectivity index is 2.39. The van der Waals surface area contributed by atoms with Gasteiger partial charge in [0.1, 0.15) is 0 Å². The average molecular weight is 216 g/mol. The Morgan fingerprint density at radius 3 is 2.75 bits per heavy atom. The summed E-state index contributed by atoms with van der Waals surface area (Å²) in [5.74, 6) is 0. The Labute approximate surface area is 97.3 Å². The van der Waals surface area contributed by atoms with Gasteiger partial charge in [0.05, 0.1) is 5.52 Å². The van der Waals surface area contributed by atoms with Gasteiger partial charge in [-0.2, -0.15) is 0 Å². The third-order valence-electron chi connectivity index (χ3n) is 2.91. The van der Waals surface area contributed by atoms with E-state index in [0.717, 1.165) is 13.1 Å². The van der Waals surface area contributed by atoms with Crippen molar-refractivity contribution in [3.63, 3.8) is 0 Å². The highest BCUT2D eigenvalue weighted by molar-refractivity contribution is 5.83. The monoisotopic (exact) mass is 216 g/mol. The van der Waals surface area contributed by atoms with E-state index < -0.39 is 0 Å². The number of hydrogen-bond donors (Lipinski definition) is 1. The quantitative estimate of drug-likeness (QED) is 0.830. The van der Waals surface area contributed by atoms with Crippen molar-refractivity contribution in [2.75, 3.05) is 0 Å². The predicted molar refractivity (Wildman–Crippen MR) is 69.6 cm³/mol. The van der Waals surface area contributed by atoms with E-state index in [1.165, 1.54) is 16.5 Å². The standard InChI is InChI=1S/C14H20N2/c1-4-16-9-8-12-6-5-7-13(14(12)16)10-15-11(2)3/h5-9,11,15H,4,10H2,1-3H3. The Morgan fingerprint density at radius 1 is 1.25 bits per heavy atom. The molecule has 2 aromatic rings. The molecule has 0 aliphatic rings. The minimum absolute atomic E-state index is 0.528. The van der Waals surface area contributed by atoms with E-state index in [1.54, 1.807) is 0 Å². The minimum Gasteiger partial charge on any atom is -0.347 e. The topological polar surface area (TPSA) is 17.0 Å². The first-order valence-electron chi connectivity index (χ1n) is 6.02. The molecule has 0 aliphatic heterocycles. The van der Waals surface area contributed by atoms with Crippen LogP contribution in [-0.2, 0) is 13.1 Å². The zero-order valence-corrected chi connectivity index (χ0v) is 10.3. The smallest absolute Gasteiger partial charge is 0.0525 e. The van der Waals surface area contributed by atoms with Crippen LogP contribution in [0.3, 0.4) is 0 Å². The third-order valence-corrected chi connectivity index (χ3v) is 2.91. The first kappa shape index (κ1) is 11.2. The van der Waals surface area contributed by atoms with Gasteiger partial charge in [0.15, 0.2) is 0 Å². The van der Waals surface area contributed by atoms with Gasteiger partial charge in [0.25, 0.3) is 0 Å². The highest BCUT2D eigenvalue weighted by Crippen LogP contribution is 2.20. The van der Waals surface area contributed by atoms with Gasteiger partial charge in [-0.1, -0.05) is 32.0 Å². The number of hydrogen-bond acceptors (Lipinski definition) is 1. The fourth-order valence-corrected chi connectivity index (χ4v) is 2.06. The average Bonchev–Trinajstić information content (AvgIpc) is 2.69. The van der Waals surface area contributed by atoms with E-state index in [1.807, 2.05) is 0 Å². The molecule has 16 heavy (non-hydrogen) atoms. The van der Waals surface area contributed by atoms with Crippen molar-refractivity contribution in [3.05, 3.63) is 36.0 Å². The highest BCUT2D eigenvalue weighted by Gasteiger charge is 2.05. The molecule has 2 rings (SSSR count). The van der Waals surface area contributed by atoms with Gasteiger partial charge in [-0.05, 0) is 23.9 Å². The van der Waals surface area contributed by atoms with Crippen LogP contribution in [0.2, 0.25) is 0 Å². The molecule has 0 amide bonds. The zero-order valence-electron chi connectivity index (χ0n) is 10.3. The molecule has 0 saturated carbocycles. The second-order valence-electron chi connectivity index (χ2n) is 4.49. The van der Waals surface area contributed by atoms with Gasteiger partial charge < -0.3 is 9.88 Å². The van der Waals surface area contributed by atoms with Crippen molar-refractivity contribution in [1.29, 1.82) is 0 Å². The first-order valence-corrected chi connectivity index (χ1v) is 6.02. The molecule has 1 aromatic heterocycles. The van der Waals surface area contributed by atoms with E-state index in [2.05, 4.69) is 61.1 Å². The van der Waals surface area contributed by atoms with Gasteiger partial charge in [0, 0.05) is 25.3 Å². The van der Waals surface area contributed by atoms with E-state index >= 15 is 0 Å². The van der Waals surface area contributed by atoms with Crippen LogP contribution in [-0.4, -0.2) is 10.6 Å². The molecule has 86 valence electrons. The number of aryl methyl sites for hydroxylation is 1. The summed E-state index contributed by atoms with van der Waals surface area (Å²) in [7, 11) is 0. The van der Waals surface area contributed by atoms with Crippen molar-refractivity contribution in [3.8, 4) is 0 Å². The van der Waals surface area contributed by atoms with Crippen LogP contribution in [0.25, 0.3) is 10.9 Å². The molecule has 1 aromatic carbocycles. The minimum atomic E-state index is 0.528. The van der Waals surface area contributed by atoms with Gasteiger partial charge in [-0.25, -0.2) is 0 Å². The Bertz CT molecular complexity index is 469. The number of fused-ring (bicyclic) bond motifs is 1.